The highest BCUT2D eigenvalue weighted by atomic mass is 35.5. The zero-order chi connectivity index (χ0) is 15.6. The fraction of sp³-hybridized carbons (Fsp3) is 0.214. The summed E-state index contributed by atoms with van der Waals surface area (Å²) >= 11 is 26.1. The van der Waals surface area contributed by atoms with E-state index in [0.717, 1.165) is 11.3 Å². The third-order valence-electron chi connectivity index (χ3n) is 2.97. The minimum Gasteiger partial charge on any atom is -0.328 e. The lowest BCUT2D eigenvalue weighted by Crippen LogP contribution is -2.03. The minimum absolute atomic E-state index is 0.265. The van der Waals surface area contributed by atoms with Gasteiger partial charge in [0.15, 0.2) is 0 Å². The molecule has 0 aliphatic heterocycles. The van der Waals surface area contributed by atoms with E-state index in [1.807, 2.05) is 10.8 Å². The second kappa shape index (κ2) is 7.17. The summed E-state index contributed by atoms with van der Waals surface area (Å²) in [4.78, 5) is 0. The monoisotopic (exact) mass is 378 g/mol. The molecule has 7 heteroatoms. The summed E-state index contributed by atoms with van der Waals surface area (Å²) in [6.07, 6.45) is 2.00. The van der Waals surface area contributed by atoms with Gasteiger partial charge in [-0.25, -0.2) is 0 Å². The summed E-state index contributed by atoms with van der Waals surface area (Å²) in [5.74, 6) is 0.851. The molecule has 1 heterocycles. The van der Waals surface area contributed by atoms with Crippen molar-refractivity contribution in [3.8, 4) is 17.3 Å². The van der Waals surface area contributed by atoms with Crippen LogP contribution in [-0.4, -0.2) is 16.6 Å². The van der Waals surface area contributed by atoms with E-state index in [1.54, 1.807) is 30.0 Å². The van der Waals surface area contributed by atoms with Crippen LogP contribution in [0.15, 0.2) is 18.2 Å². The number of hydrogen-bond acceptors (Lipinski definition) is 2. The number of aromatic nitrogens is 1. The number of nitrogens with zero attached hydrogens (tertiary/aromatic N) is 2. The maximum absolute atomic E-state index is 9.38. The van der Waals surface area contributed by atoms with Gasteiger partial charge in [0, 0.05) is 17.9 Å². The fourth-order valence-corrected chi connectivity index (χ4v) is 3.16. The van der Waals surface area contributed by atoms with Crippen LogP contribution in [0.1, 0.15) is 5.56 Å². The van der Waals surface area contributed by atoms with Crippen molar-refractivity contribution in [1.82, 2.24) is 4.57 Å². The Kier molecular flexibility index (Phi) is 5.76. The molecule has 0 saturated heterocycles. The summed E-state index contributed by atoms with van der Waals surface area (Å²) in [7, 11) is 0. The number of halogens is 4. The molecule has 0 N–H and O–H groups in total. The first kappa shape index (κ1) is 16.9. The lowest BCUT2D eigenvalue weighted by Gasteiger charge is -2.11. The van der Waals surface area contributed by atoms with Crippen LogP contribution in [0.2, 0.25) is 20.2 Å². The average Bonchev–Trinajstić information content (AvgIpc) is 2.71. The van der Waals surface area contributed by atoms with E-state index in [-0.39, 0.29) is 5.02 Å². The van der Waals surface area contributed by atoms with Gasteiger partial charge in [-0.05, 0) is 18.4 Å². The molecule has 2 nitrogen and oxygen atoms in total. The Balaban J connectivity index is 2.67. The van der Waals surface area contributed by atoms with Gasteiger partial charge in [0.2, 0.25) is 0 Å². The fourth-order valence-electron chi connectivity index (χ4n) is 2.00. The maximum Gasteiger partial charge on any atom is 0.129 e. The van der Waals surface area contributed by atoms with Crippen LogP contribution in [0.4, 0.5) is 0 Å². The molecule has 0 aliphatic rings. The van der Waals surface area contributed by atoms with Gasteiger partial charge >= 0.3 is 0 Å². The first-order valence-electron chi connectivity index (χ1n) is 5.93. The normalized spacial score (nSPS) is 10.7. The molecule has 21 heavy (non-hydrogen) atoms. The average molecular weight is 380 g/mol. The minimum atomic E-state index is 0.265. The molecule has 0 aliphatic carbocycles. The SMILES string of the molecule is CSCCn1c(Cl)c(Cl)c(C#N)c1-c1ccc(Cl)c(Cl)c1. The van der Waals surface area contributed by atoms with Crippen molar-refractivity contribution in [3.63, 3.8) is 0 Å². The Morgan fingerprint density at radius 1 is 1.19 bits per heavy atom. The van der Waals surface area contributed by atoms with Crippen LogP contribution in [0.3, 0.4) is 0 Å². The maximum atomic E-state index is 9.38. The zero-order valence-corrected chi connectivity index (χ0v) is 14.8. The number of nitriles is 1. The van der Waals surface area contributed by atoms with E-state index >= 15 is 0 Å². The highest BCUT2D eigenvalue weighted by Gasteiger charge is 2.22. The summed E-state index contributed by atoms with van der Waals surface area (Å²) < 4.78 is 1.83. The van der Waals surface area contributed by atoms with Gasteiger partial charge in [-0.1, -0.05) is 52.5 Å². The van der Waals surface area contributed by atoms with Gasteiger partial charge in [-0.3, -0.25) is 0 Å². The second-order valence-corrected chi connectivity index (χ2v) is 6.75. The smallest absolute Gasteiger partial charge is 0.129 e. The van der Waals surface area contributed by atoms with E-state index in [0.29, 0.717) is 33.0 Å². The van der Waals surface area contributed by atoms with Crippen molar-refractivity contribution >= 4 is 58.2 Å². The molecule has 0 saturated carbocycles. The predicted molar refractivity (Wildman–Crippen MR) is 93.0 cm³/mol. The quantitative estimate of drug-likeness (QED) is 0.651. The molecule has 0 atom stereocenters. The molecule has 110 valence electrons. The largest absolute Gasteiger partial charge is 0.328 e. The van der Waals surface area contributed by atoms with Crippen molar-refractivity contribution in [1.29, 1.82) is 5.26 Å². The van der Waals surface area contributed by atoms with Crippen molar-refractivity contribution in [2.75, 3.05) is 12.0 Å². The van der Waals surface area contributed by atoms with E-state index in [2.05, 4.69) is 6.07 Å². The third kappa shape index (κ3) is 3.31. The first-order valence-corrected chi connectivity index (χ1v) is 8.83. The molecular formula is C14H10Cl4N2S. The van der Waals surface area contributed by atoms with E-state index in [4.69, 9.17) is 46.4 Å². The van der Waals surface area contributed by atoms with Crippen LogP contribution >= 0.6 is 58.2 Å². The van der Waals surface area contributed by atoms with Crippen molar-refractivity contribution in [2.45, 2.75) is 6.54 Å². The molecule has 1 aromatic heterocycles. The van der Waals surface area contributed by atoms with Gasteiger partial charge in [0.25, 0.3) is 0 Å². The highest BCUT2D eigenvalue weighted by molar-refractivity contribution is 7.98. The van der Waals surface area contributed by atoms with E-state index in [1.165, 1.54) is 0 Å². The Labute approximate surface area is 147 Å². The molecule has 0 spiro atoms. The molecule has 1 aromatic carbocycles. The Morgan fingerprint density at radius 3 is 2.48 bits per heavy atom. The van der Waals surface area contributed by atoms with Crippen LogP contribution in [0.25, 0.3) is 11.3 Å². The van der Waals surface area contributed by atoms with Gasteiger partial charge in [-0.15, -0.1) is 0 Å². The van der Waals surface area contributed by atoms with Gasteiger partial charge in [-0.2, -0.15) is 17.0 Å². The highest BCUT2D eigenvalue weighted by Crippen LogP contribution is 2.39. The lowest BCUT2D eigenvalue weighted by atomic mass is 10.1. The molecule has 0 amide bonds. The third-order valence-corrected chi connectivity index (χ3v) is 5.16. The number of benzene rings is 1. The molecule has 0 radical (unpaired) electrons. The van der Waals surface area contributed by atoms with Crippen LogP contribution < -0.4 is 0 Å². The first-order chi connectivity index (χ1) is 10.0. The molecule has 0 fully saturated rings. The standard InChI is InChI=1S/C14H10Cl4N2S/c1-21-5-4-20-13(9(7-19)12(17)14(20)18)8-2-3-10(15)11(16)6-8/h2-3,6H,4-5H2,1H3. The second-order valence-electron chi connectivity index (χ2n) is 4.21. The van der Waals surface area contributed by atoms with Crippen molar-refractivity contribution in [2.24, 2.45) is 0 Å². The van der Waals surface area contributed by atoms with Gasteiger partial charge < -0.3 is 4.57 Å². The van der Waals surface area contributed by atoms with Crippen LogP contribution in [-0.2, 0) is 6.54 Å². The summed E-state index contributed by atoms with van der Waals surface area (Å²) in [6.45, 7) is 0.650. The topological polar surface area (TPSA) is 28.7 Å². The van der Waals surface area contributed by atoms with Gasteiger partial charge in [0.05, 0.1) is 26.3 Å². The summed E-state index contributed by atoms with van der Waals surface area (Å²) in [5, 5.41) is 10.9. The Morgan fingerprint density at radius 2 is 1.90 bits per heavy atom. The van der Waals surface area contributed by atoms with Gasteiger partial charge in [0.1, 0.15) is 11.2 Å². The van der Waals surface area contributed by atoms with Crippen LogP contribution in [0.5, 0.6) is 0 Å². The van der Waals surface area contributed by atoms with Crippen LogP contribution in [0, 0.1) is 11.3 Å². The van der Waals surface area contributed by atoms with Crippen molar-refractivity contribution < 1.29 is 0 Å². The van der Waals surface area contributed by atoms with E-state index in [9.17, 15) is 5.26 Å². The lowest BCUT2D eigenvalue weighted by molar-refractivity contribution is 0.787. The Bertz CT molecular complexity index is 719. The zero-order valence-electron chi connectivity index (χ0n) is 11.0. The molecule has 0 bridgehead atoms. The molecule has 2 aromatic rings. The Hall–Kier alpha value is -0.500. The molecule has 0 unspecified atom stereocenters. The molecule has 2 rings (SSSR count). The predicted octanol–water partition coefficient (Wildman–Crippen LogP) is 6.00. The number of rotatable bonds is 4. The van der Waals surface area contributed by atoms with E-state index < -0.39 is 0 Å². The molecular weight excluding hydrogens is 370 g/mol. The number of hydrogen-bond donors (Lipinski definition) is 0. The number of thioether (sulfide) groups is 1. The summed E-state index contributed by atoms with van der Waals surface area (Å²) in [6, 6.07) is 7.31. The van der Waals surface area contributed by atoms with Crippen molar-refractivity contribution in [3.05, 3.63) is 44.0 Å². The summed E-state index contributed by atoms with van der Waals surface area (Å²) in [5.41, 5.74) is 1.78.